The molecule has 1 N–H and O–H groups in total. The first-order chi connectivity index (χ1) is 8.97. The maximum atomic E-state index is 13.2. The quantitative estimate of drug-likeness (QED) is 0.905. The third-order valence-corrected chi connectivity index (χ3v) is 4.65. The number of hydrogen-bond acceptors (Lipinski definition) is 2. The summed E-state index contributed by atoms with van der Waals surface area (Å²) in [5.74, 6) is -0.240. The molecule has 1 saturated carbocycles. The topological polar surface area (TPSA) is 23.5 Å². The van der Waals surface area contributed by atoms with Crippen molar-refractivity contribution in [3.63, 3.8) is 0 Å². The van der Waals surface area contributed by atoms with E-state index in [1.54, 1.807) is 6.07 Å². The Morgan fingerprint density at radius 2 is 1.84 bits per heavy atom. The van der Waals surface area contributed by atoms with Gasteiger partial charge >= 0.3 is 0 Å². The first-order valence-corrected chi connectivity index (χ1v) is 7.09. The fourth-order valence-corrected chi connectivity index (χ4v) is 3.36. The molecule has 1 fully saturated rings. The molecule has 1 aromatic rings. The summed E-state index contributed by atoms with van der Waals surface area (Å²) in [6.45, 7) is 1.87. The number of halogens is 1. The number of likely N-dealkylation sites (N-methyl/N-ethyl adjacent to an activating group) is 1. The minimum atomic E-state index is -0.552. The van der Waals surface area contributed by atoms with E-state index in [2.05, 4.69) is 4.90 Å². The van der Waals surface area contributed by atoms with Crippen LogP contribution < -0.4 is 0 Å². The van der Waals surface area contributed by atoms with Crippen LogP contribution in [0.4, 0.5) is 4.39 Å². The molecule has 2 rings (SSSR count). The predicted molar refractivity (Wildman–Crippen MR) is 75.6 cm³/mol. The second kappa shape index (κ2) is 5.59. The Bertz CT molecular complexity index is 438. The van der Waals surface area contributed by atoms with Gasteiger partial charge < -0.3 is 10.0 Å². The van der Waals surface area contributed by atoms with Crippen molar-refractivity contribution in [3.8, 4) is 0 Å². The van der Waals surface area contributed by atoms with Crippen molar-refractivity contribution in [1.82, 2.24) is 4.90 Å². The zero-order valence-corrected chi connectivity index (χ0v) is 12.1. The summed E-state index contributed by atoms with van der Waals surface area (Å²) in [6.07, 6.45) is 4.98. The van der Waals surface area contributed by atoms with E-state index in [9.17, 15) is 9.50 Å². The Morgan fingerprint density at radius 3 is 2.37 bits per heavy atom. The lowest BCUT2D eigenvalue weighted by Crippen LogP contribution is -2.50. The van der Waals surface area contributed by atoms with Crippen LogP contribution in [-0.2, 0) is 0 Å². The summed E-state index contributed by atoms with van der Waals surface area (Å²) >= 11 is 0. The fourth-order valence-electron chi connectivity index (χ4n) is 3.36. The molecule has 0 amide bonds. The molecule has 2 nitrogen and oxygen atoms in total. The van der Waals surface area contributed by atoms with Gasteiger partial charge in [-0.25, -0.2) is 4.39 Å². The Morgan fingerprint density at radius 1 is 1.21 bits per heavy atom. The van der Waals surface area contributed by atoms with E-state index in [0.29, 0.717) is 0 Å². The van der Waals surface area contributed by atoms with Crippen LogP contribution in [0.25, 0.3) is 0 Å². The third-order valence-electron chi connectivity index (χ3n) is 4.65. The molecule has 0 aliphatic heterocycles. The second-order valence-electron chi connectivity index (χ2n) is 5.96. The molecule has 0 aromatic heterocycles. The molecule has 1 aliphatic carbocycles. The molecule has 1 atom stereocenters. The van der Waals surface area contributed by atoms with Crippen LogP contribution in [-0.4, -0.2) is 29.6 Å². The minimum absolute atomic E-state index is 0.208. The highest BCUT2D eigenvalue weighted by Gasteiger charge is 2.42. The first kappa shape index (κ1) is 14.5. The zero-order valence-electron chi connectivity index (χ0n) is 12.1. The highest BCUT2D eigenvalue weighted by atomic mass is 19.1. The third kappa shape index (κ3) is 2.67. The molecule has 0 saturated heterocycles. The predicted octanol–water partition coefficient (Wildman–Crippen LogP) is 3.43. The van der Waals surface area contributed by atoms with Gasteiger partial charge in [-0.15, -0.1) is 0 Å². The Kier molecular flexibility index (Phi) is 4.26. The Labute approximate surface area is 115 Å². The van der Waals surface area contributed by atoms with Crippen LogP contribution in [0.3, 0.4) is 0 Å². The SMILES string of the molecule is Cc1cc(F)ccc1C(O)C1(N(C)C)CCCCC1. The van der Waals surface area contributed by atoms with E-state index in [-0.39, 0.29) is 11.4 Å². The van der Waals surface area contributed by atoms with E-state index in [1.807, 2.05) is 21.0 Å². The van der Waals surface area contributed by atoms with Crippen molar-refractivity contribution in [2.45, 2.75) is 50.7 Å². The molecule has 0 spiro atoms. The largest absolute Gasteiger partial charge is 0.386 e. The summed E-state index contributed by atoms with van der Waals surface area (Å²) in [6, 6.07) is 4.68. The number of rotatable bonds is 3. The molecule has 1 aromatic carbocycles. The van der Waals surface area contributed by atoms with Gasteiger partial charge in [-0.3, -0.25) is 0 Å². The second-order valence-corrected chi connectivity index (χ2v) is 5.96. The van der Waals surface area contributed by atoms with Gasteiger partial charge in [0.05, 0.1) is 11.6 Å². The minimum Gasteiger partial charge on any atom is -0.386 e. The van der Waals surface area contributed by atoms with Crippen LogP contribution in [0.15, 0.2) is 18.2 Å². The molecule has 0 heterocycles. The van der Waals surface area contributed by atoms with Gasteiger partial charge in [0, 0.05) is 0 Å². The molecule has 19 heavy (non-hydrogen) atoms. The lowest BCUT2D eigenvalue weighted by molar-refractivity contribution is -0.0339. The number of aliphatic hydroxyl groups excluding tert-OH is 1. The van der Waals surface area contributed by atoms with Crippen LogP contribution in [0.1, 0.15) is 49.3 Å². The standard InChI is InChI=1S/C16H24FNO/c1-12-11-13(17)7-8-14(12)15(19)16(18(2)3)9-5-4-6-10-16/h7-8,11,15,19H,4-6,9-10H2,1-3H3. The van der Waals surface area contributed by atoms with Gasteiger partial charge in [0.2, 0.25) is 0 Å². The van der Waals surface area contributed by atoms with Gasteiger partial charge in [0.25, 0.3) is 0 Å². The van der Waals surface area contributed by atoms with E-state index in [4.69, 9.17) is 0 Å². The van der Waals surface area contributed by atoms with Crippen molar-refractivity contribution >= 4 is 0 Å². The van der Waals surface area contributed by atoms with Crippen molar-refractivity contribution in [2.75, 3.05) is 14.1 Å². The highest BCUT2D eigenvalue weighted by Crippen LogP contribution is 2.42. The maximum absolute atomic E-state index is 13.2. The van der Waals surface area contributed by atoms with Crippen LogP contribution >= 0.6 is 0 Å². The average molecular weight is 265 g/mol. The van der Waals surface area contributed by atoms with E-state index < -0.39 is 6.10 Å². The Hall–Kier alpha value is -0.930. The molecule has 0 bridgehead atoms. The van der Waals surface area contributed by atoms with Crippen molar-refractivity contribution < 1.29 is 9.50 Å². The number of aliphatic hydroxyl groups is 1. The zero-order chi connectivity index (χ0) is 14.0. The lowest BCUT2D eigenvalue weighted by atomic mass is 9.74. The number of aryl methyl sites for hydroxylation is 1. The van der Waals surface area contributed by atoms with Crippen molar-refractivity contribution in [2.24, 2.45) is 0 Å². The molecule has 1 unspecified atom stereocenters. The van der Waals surface area contributed by atoms with Crippen LogP contribution in [0.5, 0.6) is 0 Å². The lowest BCUT2D eigenvalue weighted by Gasteiger charge is -2.46. The molecular weight excluding hydrogens is 241 g/mol. The molecule has 3 heteroatoms. The highest BCUT2D eigenvalue weighted by molar-refractivity contribution is 5.31. The van der Waals surface area contributed by atoms with E-state index >= 15 is 0 Å². The maximum Gasteiger partial charge on any atom is 0.123 e. The number of hydrogen-bond donors (Lipinski definition) is 1. The van der Waals surface area contributed by atoms with Crippen molar-refractivity contribution in [3.05, 3.63) is 35.1 Å². The summed E-state index contributed by atoms with van der Waals surface area (Å²) in [7, 11) is 4.07. The smallest absolute Gasteiger partial charge is 0.123 e. The van der Waals surface area contributed by atoms with Crippen LogP contribution in [0, 0.1) is 12.7 Å². The van der Waals surface area contributed by atoms with Gasteiger partial charge in [0.15, 0.2) is 0 Å². The first-order valence-electron chi connectivity index (χ1n) is 7.09. The van der Waals surface area contributed by atoms with Gasteiger partial charge in [-0.2, -0.15) is 0 Å². The van der Waals surface area contributed by atoms with Crippen molar-refractivity contribution in [1.29, 1.82) is 0 Å². The molecular formula is C16H24FNO. The summed E-state index contributed by atoms with van der Waals surface area (Å²) in [4.78, 5) is 2.15. The molecule has 0 radical (unpaired) electrons. The van der Waals surface area contributed by atoms with Gasteiger partial charge in [-0.05, 0) is 57.1 Å². The van der Waals surface area contributed by atoms with Gasteiger partial charge in [0.1, 0.15) is 5.82 Å². The van der Waals surface area contributed by atoms with E-state index in [0.717, 1.165) is 36.8 Å². The van der Waals surface area contributed by atoms with Gasteiger partial charge in [-0.1, -0.05) is 25.3 Å². The molecule has 1 aliphatic rings. The molecule has 106 valence electrons. The monoisotopic (exact) mass is 265 g/mol. The normalized spacial score (nSPS) is 20.5. The summed E-state index contributed by atoms with van der Waals surface area (Å²) in [5.41, 5.74) is 1.48. The van der Waals surface area contributed by atoms with E-state index in [1.165, 1.54) is 18.6 Å². The summed E-state index contributed by atoms with van der Waals surface area (Å²) < 4.78 is 13.2. The summed E-state index contributed by atoms with van der Waals surface area (Å²) in [5, 5.41) is 10.9. The Balaban J connectivity index is 2.36. The number of benzene rings is 1. The fraction of sp³-hybridized carbons (Fsp3) is 0.625. The van der Waals surface area contributed by atoms with Crippen LogP contribution in [0.2, 0.25) is 0 Å². The average Bonchev–Trinajstić information content (AvgIpc) is 2.38. The number of nitrogens with zero attached hydrogens (tertiary/aromatic N) is 1.